The van der Waals surface area contributed by atoms with E-state index in [0.29, 0.717) is 6.42 Å². The van der Waals surface area contributed by atoms with Crippen LogP contribution < -0.4 is 0 Å². The van der Waals surface area contributed by atoms with Crippen LogP contribution in [-0.4, -0.2) is 29.0 Å². The summed E-state index contributed by atoms with van der Waals surface area (Å²) in [5, 5.41) is 4.19. The van der Waals surface area contributed by atoms with Crippen LogP contribution in [0.1, 0.15) is 42.0 Å². The molecule has 2 aromatic rings. The average Bonchev–Trinajstić information content (AvgIpc) is 2.99. The Bertz CT molecular complexity index is 786. The van der Waals surface area contributed by atoms with Crippen molar-refractivity contribution in [2.24, 2.45) is 0 Å². The smallest absolute Gasteiger partial charge is 0.238 e. The summed E-state index contributed by atoms with van der Waals surface area (Å²) in [7, 11) is 0. The molecule has 0 bridgehead atoms. The van der Waals surface area contributed by atoms with Gasteiger partial charge < -0.3 is 0 Å². The van der Waals surface area contributed by atoms with Crippen molar-refractivity contribution in [2.75, 3.05) is 13.1 Å². The van der Waals surface area contributed by atoms with Gasteiger partial charge in [0, 0.05) is 30.6 Å². The van der Waals surface area contributed by atoms with E-state index in [2.05, 4.69) is 41.1 Å². The average molecular weight is 316 g/mol. The minimum absolute atomic E-state index is 0.189. The number of fused-ring (bicyclic) bond motifs is 1. The first-order valence-corrected chi connectivity index (χ1v) is 8.55. The van der Waals surface area contributed by atoms with Gasteiger partial charge in [0.15, 0.2) is 0 Å². The van der Waals surface area contributed by atoms with Gasteiger partial charge in [0.05, 0.1) is 6.04 Å². The summed E-state index contributed by atoms with van der Waals surface area (Å²) < 4.78 is 0. The zero-order chi connectivity index (χ0) is 16.4. The summed E-state index contributed by atoms with van der Waals surface area (Å²) in [6.45, 7) is 1.85. The Kier molecular flexibility index (Phi) is 4.06. The summed E-state index contributed by atoms with van der Waals surface area (Å²) in [4.78, 5) is 12.2. The maximum atomic E-state index is 12.2. The highest BCUT2D eigenvalue weighted by molar-refractivity contribution is 5.78. The molecule has 1 atom stereocenters. The molecular formula is C21H20N2O. The minimum Gasteiger partial charge on any atom is -0.275 e. The number of rotatable bonds is 1. The van der Waals surface area contributed by atoms with E-state index in [0.717, 1.165) is 30.6 Å². The molecule has 4 rings (SSSR count). The predicted molar refractivity (Wildman–Crippen MR) is 93.9 cm³/mol. The van der Waals surface area contributed by atoms with E-state index < -0.39 is 0 Å². The third-order valence-corrected chi connectivity index (χ3v) is 4.75. The van der Waals surface area contributed by atoms with E-state index in [-0.39, 0.29) is 11.9 Å². The lowest BCUT2D eigenvalue weighted by molar-refractivity contribution is -0.141. The molecule has 0 spiro atoms. The molecule has 1 unspecified atom stereocenters. The van der Waals surface area contributed by atoms with E-state index in [1.165, 1.54) is 12.0 Å². The zero-order valence-corrected chi connectivity index (χ0v) is 13.6. The largest absolute Gasteiger partial charge is 0.275 e. The number of carbonyl (C=O) groups excluding carboxylic acids is 1. The fourth-order valence-corrected chi connectivity index (χ4v) is 3.50. The molecule has 2 heterocycles. The van der Waals surface area contributed by atoms with Crippen molar-refractivity contribution in [2.45, 2.75) is 25.3 Å². The highest BCUT2D eigenvalue weighted by Gasteiger charge is 2.39. The number of amides is 1. The van der Waals surface area contributed by atoms with Gasteiger partial charge >= 0.3 is 0 Å². The van der Waals surface area contributed by atoms with Crippen LogP contribution in [0.25, 0.3) is 0 Å². The molecule has 0 radical (unpaired) electrons. The van der Waals surface area contributed by atoms with E-state index >= 15 is 0 Å². The second-order valence-corrected chi connectivity index (χ2v) is 6.35. The van der Waals surface area contributed by atoms with E-state index in [4.69, 9.17) is 0 Å². The van der Waals surface area contributed by atoms with Crippen LogP contribution in [0, 0.1) is 11.8 Å². The van der Waals surface area contributed by atoms with Crippen LogP contribution >= 0.6 is 0 Å². The number of hydrazine groups is 1. The molecule has 2 aliphatic heterocycles. The Morgan fingerprint density at radius 3 is 2.25 bits per heavy atom. The van der Waals surface area contributed by atoms with Gasteiger partial charge in [-0.05, 0) is 42.7 Å². The van der Waals surface area contributed by atoms with Crippen molar-refractivity contribution in [3.8, 4) is 11.8 Å². The topological polar surface area (TPSA) is 23.6 Å². The number of carbonyl (C=O) groups is 1. The van der Waals surface area contributed by atoms with Crippen molar-refractivity contribution >= 4 is 5.91 Å². The maximum Gasteiger partial charge on any atom is 0.238 e. The van der Waals surface area contributed by atoms with Gasteiger partial charge in [0.25, 0.3) is 0 Å². The lowest BCUT2D eigenvalue weighted by atomic mass is 10.0. The second-order valence-electron chi connectivity index (χ2n) is 6.35. The summed E-state index contributed by atoms with van der Waals surface area (Å²) in [6.07, 6.45) is 2.87. The van der Waals surface area contributed by atoms with Gasteiger partial charge in [0.2, 0.25) is 5.91 Å². The number of nitrogens with zero attached hydrogens (tertiary/aromatic N) is 2. The van der Waals surface area contributed by atoms with Gasteiger partial charge in [0.1, 0.15) is 0 Å². The first-order valence-electron chi connectivity index (χ1n) is 8.55. The van der Waals surface area contributed by atoms with Gasteiger partial charge in [-0.2, -0.15) is 0 Å². The molecule has 2 saturated heterocycles. The molecule has 0 saturated carbocycles. The number of hydrogen-bond donors (Lipinski definition) is 0. The first kappa shape index (κ1) is 15.0. The van der Waals surface area contributed by atoms with Crippen LogP contribution in [0.4, 0.5) is 0 Å². The standard InChI is InChI=1S/C21H20N2O/c24-21-16-20(22-14-4-5-15-23(21)22)19-12-10-18(11-13-19)9-8-17-6-2-1-3-7-17/h1-3,6-7,10-13,20H,4-5,14-16H2. The molecule has 1 amide bonds. The molecular weight excluding hydrogens is 296 g/mol. The van der Waals surface area contributed by atoms with E-state index in [9.17, 15) is 4.79 Å². The third kappa shape index (κ3) is 2.93. The minimum atomic E-state index is 0.189. The van der Waals surface area contributed by atoms with Crippen LogP contribution in [-0.2, 0) is 4.79 Å². The predicted octanol–water partition coefficient (Wildman–Crippen LogP) is 3.37. The quantitative estimate of drug-likeness (QED) is 0.753. The van der Waals surface area contributed by atoms with Crippen molar-refractivity contribution in [1.29, 1.82) is 0 Å². The van der Waals surface area contributed by atoms with Crippen LogP contribution in [0.5, 0.6) is 0 Å². The summed E-state index contributed by atoms with van der Waals surface area (Å²) in [6, 6.07) is 18.5. The Balaban J connectivity index is 1.52. The second kappa shape index (κ2) is 6.51. The highest BCUT2D eigenvalue weighted by atomic mass is 16.2. The molecule has 3 nitrogen and oxygen atoms in total. The molecule has 2 aromatic carbocycles. The Morgan fingerprint density at radius 1 is 0.833 bits per heavy atom. The van der Waals surface area contributed by atoms with Gasteiger partial charge in [-0.15, -0.1) is 0 Å². The monoisotopic (exact) mass is 316 g/mol. The fraction of sp³-hybridized carbons (Fsp3) is 0.286. The molecule has 2 fully saturated rings. The van der Waals surface area contributed by atoms with Crippen molar-refractivity contribution in [1.82, 2.24) is 10.0 Å². The SMILES string of the molecule is O=C1CC(c2ccc(C#Cc3ccccc3)cc2)N2CCCCN12. The molecule has 120 valence electrons. The molecule has 3 heteroatoms. The van der Waals surface area contributed by atoms with E-state index in [1.54, 1.807) is 0 Å². The van der Waals surface area contributed by atoms with Crippen LogP contribution in [0.15, 0.2) is 54.6 Å². The lowest BCUT2D eigenvalue weighted by Crippen LogP contribution is -2.44. The molecule has 0 aliphatic carbocycles. The van der Waals surface area contributed by atoms with Crippen molar-refractivity contribution < 1.29 is 4.79 Å². The molecule has 24 heavy (non-hydrogen) atoms. The van der Waals surface area contributed by atoms with Crippen LogP contribution in [0.3, 0.4) is 0 Å². The lowest BCUT2D eigenvalue weighted by Gasteiger charge is -2.36. The Morgan fingerprint density at radius 2 is 1.50 bits per heavy atom. The van der Waals surface area contributed by atoms with Crippen molar-refractivity contribution in [3.63, 3.8) is 0 Å². The fourth-order valence-electron chi connectivity index (χ4n) is 3.50. The van der Waals surface area contributed by atoms with Crippen LogP contribution in [0.2, 0.25) is 0 Å². The van der Waals surface area contributed by atoms with Gasteiger partial charge in [-0.1, -0.05) is 42.2 Å². The summed E-state index contributed by atoms with van der Waals surface area (Å²) in [5.41, 5.74) is 3.23. The maximum absolute atomic E-state index is 12.2. The Hall–Kier alpha value is -2.57. The molecule has 0 aromatic heterocycles. The zero-order valence-electron chi connectivity index (χ0n) is 13.6. The Labute approximate surface area is 142 Å². The summed E-state index contributed by atoms with van der Waals surface area (Å²) in [5.74, 6) is 6.64. The van der Waals surface area contributed by atoms with Gasteiger partial charge in [-0.25, -0.2) is 5.01 Å². The number of benzene rings is 2. The molecule has 2 aliphatic rings. The summed E-state index contributed by atoms with van der Waals surface area (Å²) >= 11 is 0. The number of hydrogen-bond acceptors (Lipinski definition) is 2. The first-order chi connectivity index (χ1) is 11.8. The highest BCUT2D eigenvalue weighted by Crippen LogP contribution is 2.35. The third-order valence-electron chi connectivity index (χ3n) is 4.75. The molecule has 0 N–H and O–H groups in total. The van der Waals surface area contributed by atoms with E-state index in [1.807, 2.05) is 35.3 Å². The normalized spacial score (nSPS) is 20.4. The van der Waals surface area contributed by atoms with Gasteiger partial charge in [-0.3, -0.25) is 9.80 Å². The van der Waals surface area contributed by atoms with Crippen molar-refractivity contribution in [3.05, 3.63) is 71.3 Å².